The Morgan fingerprint density at radius 1 is 0.875 bits per heavy atom. The average Bonchev–Trinajstić information content (AvgIpc) is 2.24. The topological polar surface area (TPSA) is 85.3 Å². The van der Waals surface area contributed by atoms with Crippen LogP contribution in [0.25, 0.3) is 0 Å². The van der Waals surface area contributed by atoms with Crippen molar-refractivity contribution in [3.63, 3.8) is 0 Å². The molecular weight excluding hydrogens is 252 g/mol. The summed E-state index contributed by atoms with van der Waals surface area (Å²) in [5.41, 5.74) is 0. The molecule has 92 valence electrons. The van der Waals surface area contributed by atoms with E-state index in [9.17, 15) is 21.6 Å². The number of hydrogen-bond acceptors (Lipinski definition) is 5. The Labute approximate surface area is 95.7 Å². The molecule has 0 bridgehead atoms. The minimum absolute atomic E-state index is 0.193. The van der Waals surface area contributed by atoms with Crippen molar-refractivity contribution < 1.29 is 21.6 Å². The largest absolute Gasteiger partial charge is 0.300 e. The summed E-state index contributed by atoms with van der Waals surface area (Å²) in [4.78, 5) is 11.2. The van der Waals surface area contributed by atoms with E-state index in [1.54, 1.807) is 0 Å². The van der Waals surface area contributed by atoms with Gasteiger partial charge in [0.1, 0.15) is 5.78 Å². The lowest BCUT2D eigenvalue weighted by Crippen LogP contribution is -2.12. The van der Waals surface area contributed by atoms with Gasteiger partial charge in [0.05, 0.1) is 11.5 Å². The van der Waals surface area contributed by atoms with E-state index in [1.165, 1.54) is 0 Å². The summed E-state index contributed by atoms with van der Waals surface area (Å²) < 4.78 is 43.8. The zero-order valence-electron chi connectivity index (χ0n) is 8.76. The second kappa shape index (κ2) is 5.95. The van der Waals surface area contributed by atoms with Gasteiger partial charge in [-0.3, -0.25) is 4.79 Å². The van der Waals surface area contributed by atoms with Crippen molar-refractivity contribution in [3.05, 3.63) is 24.0 Å². The second-order valence-corrected chi connectivity index (χ2v) is 7.24. The highest BCUT2D eigenvalue weighted by atomic mass is 32.2. The molecule has 0 rings (SSSR count). The van der Waals surface area contributed by atoms with Gasteiger partial charge in [-0.2, -0.15) is 0 Å². The Hall–Kier alpha value is -0.950. The zero-order valence-corrected chi connectivity index (χ0v) is 10.4. The van der Waals surface area contributed by atoms with E-state index in [0.717, 1.165) is 10.8 Å². The van der Waals surface area contributed by atoms with E-state index in [0.29, 0.717) is 0 Å². The molecule has 0 spiro atoms. The molecule has 0 atom stereocenters. The van der Waals surface area contributed by atoms with E-state index < -0.39 is 25.5 Å². The molecule has 0 unspecified atom stereocenters. The number of carbonyl (C=O) groups excluding carboxylic acids is 1. The van der Waals surface area contributed by atoms with Crippen LogP contribution in [0.3, 0.4) is 0 Å². The van der Waals surface area contributed by atoms with Crippen LogP contribution < -0.4 is 0 Å². The first-order valence-electron chi connectivity index (χ1n) is 4.44. The Kier molecular flexibility index (Phi) is 5.60. The standard InChI is InChI=1S/C9H14O5S2/c1-3-15(11,12)7-5-9(10)6-8-16(13,14)4-2/h3-4H,1-2,5-8H2. The fourth-order valence-electron chi connectivity index (χ4n) is 0.804. The van der Waals surface area contributed by atoms with E-state index in [4.69, 9.17) is 0 Å². The van der Waals surface area contributed by atoms with Crippen LogP contribution in [0.4, 0.5) is 0 Å². The maximum atomic E-state index is 11.2. The van der Waals surface area contributed by atoms with Gasteiger partial charge in [0.25, 0.3) is 0 Å². The minimum atomic E-state index is -3.40. The molecule has 0 aliphatic carbocycles. The van der Waals surface area contributed by atoms with Gasteiger partial charge < -0.3 is 0 Å². The number of carbonyl (C=O) groups is 1. The summed E-state index contributed by atoms with van der Waals surface area (Å²) in [5.74, 6) is -1.07. The Balaban J connectivity index is 4.13. The van der Waals surface area contributed by atoms with Crippen molar-refractivity contribution in [3.8, 4) is 0 Å². The first-order valence-corrected chi connectivity index (χ1v) is 7.87. The molecule has 16 heavy (non-hydrogen) atoms. The van der Waals surface area contributed by atoms with Gasteiger partial charge in [-0.05, 0) is 0 Å². The van der Waals surface area contributed by atoms with E-state index >= 15 is 0 Å². The lowest BCUT2D eigenvalue weighted by molar-refractivity contribution is -0.118. The van der Waals surface area contributed by atoms with Crippen molar-refractivity contribution in [2.24, 2.45) is 0 Å². The molecule has 0 heterocycles. The first-order chi connectivity index (χ1) is 7.22. The molecule has 0 aliphatic heterocycles. The first kappa shape index (κ1) is 15.0. The number of rotatable bonds is 8. The van der Waals surface area contributed by atoms with Gasteiger partial charge in [0.2, 0.25) is 0 Å². The quantitative estimate of drug-likeness (QED) is 0.637. The van der Waals surface area contributed by atoms with Crippen LogP contribution in [0.1, 0.15) is 12.8 Å². The van der Waals surface area contributed by atoms with Crippen LogP contribution in [-0.4, -0.2) is 34.1 Å². The summed E-state index contributed by atoms with van der Waals surface area (Å²) >= 11 is 0. The summed E-state index contributed by atoms with van der Waals surface area (Å²) in [7, 11) is -6.80. The van der Waals surface area contributed by atoms with Crippen molar-refractivity contribution in [2.75, 3.05) is 11.5 Å². The van der Waals surface area contributed by atoms with Gasteiger partial charge in [0.15, 0.2) is 19.7 Å². The van der Waals surface area contributed by atoms with Crippen molar-refractivity contribution in [1.29, 1.82) is 0 Å². The minimum Gasteiger partial charge on any atom is -0.300 e. The zero-order chi connectivity index (χ0) is 12.8. The van der Waals surface area contributed by atoms with E-state index in [-0.39, 0.29) is 24.3 Å². The summed E-state index contributed by atoms with van der Waals surface area (Å²) in [6, 6.07) is 0. The normalized spacial score (nSPS) is 12.0. The highest BCUT2D eigenvalue weighted by Crippen LogP contribution is 2.01. The number of hydrogen-bond donors (Lipinski definition) is 0. The molecule has 5 nitrogen and oxygen atoms in total. The van der Waals surface area contributed by atoms with Crippen LogP contribution in [0.2, 0.25) is 0 Å². The van der Waals surface area contributed by atoms with Crippen LogP contribution in [-0.2, 0) is 24.5 Å². The van der Waals surface area contributed by atoms with Crippen molar-refractivity contribution >= 4 is 25.5 Å². The number of Topliss-reactive ketones (excluding diaryl/α,β-unsaturated/α-hetero) is 1. The maximum Gasteiger partial charge on any atom is 0.171 e. The molecule has 0 aromatic rings. The Morgan fingerprint density at radius 3 is 1.44 bits per heavy atom. The molecule has 0 saturated carbocycles. The third kappa shape index (κ3) is 6.52. The number of ketones is 1. The van der Waals surface area contributed by atoms with E-state index in [2.05, 4.69) is 13.2 Å². The highest BCUT2D eigenvalue weighted by Gasteiger charge is 2.12. The third-order valence-electron chi connectivity index (χ3n) is 1.84. The molecule has 7 heteroatoms. The Morgan fingerprint density at radius 2 is 1.19 bits per heavy atom. The molecule has 0 amide bonds. The smallest absolute Gasteiger partial charge is 0.171 e. The van der Waals surface area contributed by atoms with Gasteiger partial charge >= 0.3 is 0 Å². The lowest BCUT2D eigenvalue weighted by Gasteiger charge is -1.99. The van der Waals surface area contributed by atoms with Crippen LogP contribution in [0, 0.1) is 0 Å². The molecule has 0 aromatic heterocycles. The summed E-state index contributed by atoms with van der Waals surface area (Å²) in [6.07, 6.45) is -0.387. The molecule has 0 aliphatic rings. The molecule has 0 fully saturated rings. The van der Waals surface area contributed by atoms with Crippen LogP contribution >= 0.6 is 0 Å². The second-order valence-electron chi connectivity index (χ2n) is 3.11. The van der Waals surface area contributed by atoms with E-state index in [1.807, 2.05) is 0 Å². The predicted octanol–water partition coefficient (Wildman–Crippen LogP) is 0.452. The molecule has 0 N–H and O–H groups in total. The Bertz CT molecular complexity index is 426. The summed E-state index contributed by atoms with van der Waals surface area (Å²) in [5, 5.41) is 1.56. The van der Waals surface area contributed by atoms with Crippen molar-refractivity contribution in [1.82, 2.24) is 0 Å². The van der Waals surface area contributed by atoms with Crippen molar-refractivity contribution in [2.45, 2.75) is 12.8 Å². The fraction of sp³-hybridized carbons (Fsp3) is 0.444. The van der Waals surface area contributed by atoms with Gasteiger partial charge in [-0.15, -0.1) is 0 Å². The highest BCUT2D eigenvalue weighted by molar-refractivity contribution is 7.94. The van der Waals surface area contributed by atoms with Crippen LogP contribution in [0.15, 0.2) is 24.0 Å². The molecule has 0 aromatic carbocycles. The fourth-order valence-corrected chi connectivity index (χ4v) is 2.16. The maximum absolute atomic E-state index is 11.2. The van der Waals surface area contributed by atoms with Gasteiger partial charge in [-0.25, -0.2) is 16.8 Å². The molecule has 0 saturated heterocycles. The van der Waals surface area contributed by atoms with Crippen LogP contribution in [0.5, 0.6) is 0 Å². The monoisotopic (exact) mass is 266 g/mol. The van der Waals surface area contributed by atoms with Gasteiger partial charge in [0, 0.05) is 23.7 Å². The summed E-state index contributed by atoms with van der Waals surface area (Å²) in [6.45, 7) is 6.20. The predicted molar refractivity (Wildman–Crippen MR) is 62.2 cm³/mol. The SMILES string of the molecule is C=CS(=O)(=O)CCC(=O)CCS(=O)(=O)C=C. The average molecular weight is 266 g/mol. The third-order valence-corrected chi connectivity index (χ3v) is 4.40. The molecular formula is C9H14O5S2. The lowest BCUT2D eigenvalue weighted by atomic mass is 10.2. The van der Waals surface area contributed by atoms with Gasteiger partial charge in [-0.1, -0.05) is 13.2 Å². The molecule has 0 radical (unpaired) electrons. The number of sulfone groups is 2.